The molecular formula is C35H64O9. The van der Waals surface area contributed by atoms with E-state index in [2.05, 4.69) is 6.92 Å². The van der Waals surface area contributed by atoms with Crippen molar-refractivity contribution in [3.63, 3.8) is 0 Å². The molecule has 0 fully saturated rings. The lowest BCUT2D eigenvalue weighted by Crippen LogP contribution is -2.15. The van der Waals surface area contributed by atoms with Gasteiger partial charge in [-0.05, 0) is 18.6 Å². The summed E-state index contributed by atoms with van der Waals surface area (Å²) in [6.07, 6.45) is 14.9. The molecule has 0 heterocycles. The first-order valence-corrected chi connectivity index (χ1v) is 17.2. The summed E-state index contributed by atoms with van der Waals surface area (Å²) >= 11 is 0. The average Bonchev–Trinajstić information content (AvgIpc) is 3.05. The quantitative estimate of drug-likeness (QED) is 0.0766. The van der Waals surface area contributed by atoms with Crippen LogP contribution in [0.5, 0.6) is 5.75 Å². The molecule has 44 heavy (non-hydrogen) atoms. The zero-order valence-electron chi connectivity index (χ0n) is 27.9. The van der Waals surface area contributed by atoms with E-state index in [0.29, 0.717) is 106 Å². The molecule has 0 unspecified atom stereocenters. The standard InChI is InChI=1S/C35H64O9/c1-2-3-4-5-6-7-8-9-10-11-15-18-36-19-20-37-21-22-38-23-24-39-25-26-40-27-28-41-29-30-42-31-32-43-33-34-44-35-16-13-12-14-17-35/h12-14,16-17H,2-11,15,18-34H2,1H3. The molecule has 9 heteroatoms. The van der Waals surface area contributed by atoms with E-state index < -0.39 is 0 Å². The highest BCUT2D eigenvalue weighted by atomic mass is 16.6. The van der Waals surface area contributed by atoms with E-state index >= 15 is 0 Å². The zero-order valence-corrected chi connectivity index (χ0v) is 27.9. The van der Waals surface area contributed by atoms with Crippen LogP contribution in [-0.2, 0) is 37.9 Å². The predicted molar refractivity (Wildman–Crippen MR) is 175 cm³/mol. The first-order chi connectivity index (χ1) is 21.9. The number of benzene rings is 1. The van der Waals surface area contributed by atoms with Gasteiger partial charge in [-0.1, -0.05) is 89.3 Å². The third kappa shape index (κ3) is 32.1. The van der Waals surface area contributed by atoms with E-state index in [4.69, 9.17) is 42.6 Å². The van der Waals surface area contributed by atoms with Crippen LogP contribution >= 0.6 is 0 Å². The van der Waals surface area contributed by atoms with E-state index in [-0.39, 0.29) is 0 Å². The highest BCUT2D eigenvalue weighted by molar-refractivity contribution is 5.20. The summed E-state index contributed by atoms with van der Waals surface area (Å²) in [6, 6.07) is 9.70. The van der Waals surface area contributed by atoms with Crippen molar-refractivity contribution >= 4 is 0 Å². The molecule has 0 aliphatic heterocycles. The highest BCUT2D eigenvalue weighted by Crippen LogP contribution is 2.11. The highest BCUT2D eigenvalue weighted by Gasteiger charge is 1.97. The number of ether oxygens (including phenoxy) is 9. The minimum Gasteiger partial charge on any atom is -0.491 e. The van der Waals surface area contributed by atoms with Gasteiger partial charge in [-0.15, -0.1) is 0 Å². The van der Waals surface area contributed by atoms with E-state index in [0.717, 1.165) is 18.8 Å². The van der Waals surface area contributed by atoms with Gasteiger partial charge in [0, 0.05) is 6.61 Å². The minimum atomic E-state index is 0.525. The molecule has 0 spiro atoms. The molecule has 0 atom stereocenters. The third-order valence-corrected chi connectivity index (χ3v) is 6.74. The summed E-state index contributed by atoms with van der Waals surface area (Å²) in [4.78, 5) is 0. The second-order valence-corrected chi connectivity index (χ2v) is 10.6. The Balaban J connectivity index is 1.61. The van der Waals surface area contributed by atoms with Gasteiger partial charge in [-0.2, -0.15) is 0 Å². The summed E-state index contributed by atoms with van der Waals surface area (Å²) in [5.41, 5.74) is 0. The lowest BCUT2D eigenvalue weighted by Gasteiger charge is -2.09. The van der Waals surface area contributed by atoms with Crippen molar-refractivity contribution < 1.29 is 42.6 Å². The van der Waals surface area contributed by atoms with Crippen LogP contribution in [0.15, 0.2) is 30.3 Å². The molecule has 0 saturated carbocycles. The normalized spacial score (nSPS) is 11.4. The Kier molecular flexibility index (Phi) is 33.5. The Morgan fingerprint density at radius 1 is 0.318 bits per heavy atom. The lowest BCUT2D eigenvalue weighted by atomic mass is 10.1. The van der Waals surface area contributed by atoms with Crippen molar-refractivity contribution in [1.29, 1.82) is 0 Å². The monoisotopic (exact) mass is 628 g/mol. The lowest BCUT2D eigenvalue weighted by molar-refractivity contribution is -0.0236. The summed E-state index contributed by atoms with van der Waals surface area (Å²) in [7, 11) is 0. The SMILES string of the molecule is CCCCCCCCCCCCCOCCOCCOCCOCCOCCOCCOCCOCCOc1ccccc1. The maximum atomic E-state index is 5.65. The number of hydrogen-bond acceptors (Lipinski definition) is 9. The first-order valence-electron chi connectivity index (χ1n) is 17.2. The molecule has 0 N–H and O–H groups in total. The molecule has 0 aromatic heterocycles. The fourth-order valence-electron chi connectivity index (χ4n) is 4.24. The molecule has 1 aromatic rings. The van der Waals surface area contributed by atoms with Crippen molar-refractivity contribution in [1.82, 2.24) is 0 Å². The Bertz CT molecular complexity index is 650. The Labute approximate surface area is 268 Å². The van der Waals surface area contributed by atoms with Gasteiger partial charge in [-0.3, -0.25) is 0 Å². The van der Waals surface area contributed by atoms with Gasteiger partial charge in [0.1, 0.15) is 12.4 Å². The smallest absolute Gasteiger partial charge is 0.119 e. The van der Waals surface area contributed by atoms with Crippen molar-refractivity contribution in [2.45, 2.75) is 77.6 Å². The molecular weight excluding hydrogens is 564 g/mol. The van der Waals surface area contributed by atoms with Crippen LogP contribution in [0.1, 0.15) is 77.6 Å². The Morgan fingerprint density at radius 2 is 0.614 bits per heavy atom. The van der Waals surface area contributed by atoms with Crippen LogP contribution < -0.4 is 4.74 Å². The van der Waals surface area contributed by atoms with Gasteiger partial charge in [0.25, 0.3) is 0 Å². The number of hydrogen-bond donors (Lipinski definition) is 0. The van der Waals surface area contributed by atoms with Crippen LogP contribution in [0.4, 0.5) is 0 Å². The molecule has 258 valence electrons. The Morgan fingerprint density at radius 3 is 0.977 bits per heavy atom. The molecule has 0 aliphatic carbocycles. The summed E-state index contributed by atoms with van der Waals surface area (Å²) in [5.74, 6) is 0.851. The molecule has 0 aliphatic rings. The zero-order chi connectivity index (χ0) is 31.3. The van der Waals surface area contributed by atoms with Gasteiger partial charge in [-0.25, -0.2) is 0 Å². The molecule has 0 saturated heterocycles. The van der Waals surface area contributed by atoms with E-state index in [1.54, 1.807) is 0 Å². The van der Waals surface area contributed by atoms with Crippen molar-refractivity contribution in [3.05, 3.63) is 30.3 Å². The van der Waals surface area contributed by atoms with E-state index in [9.17, 15) is 0 Å². The molecule has 0 amide bonds. The van der Waals surface area contributed by atoms with Gasteiger partial charge in [0.05, 0.1) is 99.1 Å². The molecule has 9 nitrogen and oxygen atoms in total. The number of unbranched alkanes of at least 4 members (excludes halogenated alkanes) is 10. The van der Waals surface area contributed by atoms with Gasteiger partial charge in [0.15, 0.2) is 0 Å². The fourth-order valence-corrected chi connectivity index (χ4v) is 4.24. The van der Waals surface area contributed by atoms with Crippen LogP contribution in [0.25, 0.3) is 0 Å². The second kappa shape index (κ2) is 36.2. The van der Waals surface area contributed by atoms with Gasteiger partial charge >= 0.3 is 0 Å². The van der Waals surface area contributed by atoms with Gasteiger partial charge in [0.2, 0.25) is 0 Å². The largest absolute Gasteiger partial charge is 0.491 e. The van der Waals surface area contributed by atoms with Crippen LogP contribution in [-0.4, -0.2) is 112 Å². The predicted octanol–water partition coefficient (Wildman–Crippen LogP) is 6.51. The summed E-state index contributed by atoms with van der Waals surface area (Å²) in [6.45, 7) is 12.0. The summed E-state index contributed by atoms with van der Waals surface area (Å²) < 4.78 is 49.7. The van der Waals surface area contributed by atoms with Crippen molar-refractivity contribution in [2.24, 2.45) is 0 Å². The van der Waals surface area contributed by atoms with Crippen LogP contribution in [0.3, 0.4) is 0 Å². The van der Waals surface area contributed by atoms with Crippen LogP contribution in [0.2, 0.25) is 0 Å². The number of rotatable bonds is 37. The topological polar surface area (TPSA) is 83.1 Å². The molecule has 0 bridgehead atoms. The van der Waals surface area contributed by atoms with Crippen LogP contribution in [0, 0.1) is 0 Å². The summed E-state index contributed by atoms with van der Waals surface area (Å²) in [5, 5.41) is 0. The van der Waals surface area contributed by atoms with E-state index in [1.165, 1.54) is 64.2 Å². The van der Waals surface area contributed by atoms with Gasteiger partial charge < -0.3 is 42.6 Å². The minimum absolute atomic E-state index is 0.525. The van der Waals surface area contributed by atoms with E-state index in [1.807, 2.05) is 30.3 Å². The molecule has 0 radical (unpaired) electrons. The fraction of sp³-hybridized carbons (Fsp3) is 0.829. The molecule has 1 aromatic carbocycles. The second-order valence-electron chi connectivity index (χ2n) is 10.6. The Hall–Kier alpha value is -1.30. The maximum absolute atomic E-state index is 5.65. The third-order valence-electron chi connectivity index (χ3n) is 6.74. The first kappa shape index (κ1) is 40.7. The maximum Gasteiger partial charge on any atom is 0.119 e. The molecule has 1 rings (SSSR count). The van der Waals surface area contributed by atoms with Crippen molar-refractivity contribution in [2.75, 3.05) is 112 Å². The number of para-hydroxylation sites is 1. The van der Waals surface area contributed by atoms with Crippen molar-refractivity contribution in [3.8, 4) is 5.75 Å². The average molecular weight is 629 g/mol.